The highest BCUT2D eigenvalue weighted by atomic mass is 15.2. The molecule has 16 heavy (non-hydrogen) atoms. The first kappa shape index (κ1) is 12.4. The Labute approximate surface area is 101 Å². The second-order valence-corrected chi connectivity index (χ2v) is 6.21. The third kappa shape index (κ3) is 2.98. The van der Waals surface area contributed by atoms with E-state index in [-0.39, 0.29) is 0 Å². The molecule has 1 atom stereocenters. The van der Waals surface area contributed by atoms with Crippen LogP contribution in [0, 0.1) is 11.8 Å². The summed E-state index contributed by atoms with van der Waals surface area (Å²) in [6.07, 6.45) is 5.76. The van der Waals surface area contributed by atoms with Crippen LogP contribution in [0.3, 0.4) is 0 Å². The summed E-state index contributed by atoms with van der Waals surface area (Å²) in [6, 6.07) is 1.60. The first-order chi connectivity index (χ1) is 7.66. The van der Waals surface area contributed by atoms with E-state index in [2.05, 4.69) is 31.0 Å². The summed E-state index contributed by atoms with van der Waals surface area (Å²) in [7, 11) is 0. The molecule has 1 aliphatic carbocycles. The van der Waals surface area contributed by atoms with Crippen LogP contribution in [0.15, 0.2) is 0 Å². The van der Waals surface area contributed by atoms with E-state index in [1.165, 1.54) is 45.3 Å². The van der Waals surface area contributed by atoms with Crippen LogP contribution in [-0.2, 0) is 0 Å². The summed E-state index contributed by atoms with van der Waals surface area (Å²) in [6.45, 7) is 10.8. The molecule has 1 saturated heterocycles. The normalized spacial score (nSPS) is 37.9. The Morgan fingerprint density at radius 2 is 1.81 bits per heavy atom. The average Bonchev–Trinajstić information content (AvgIpc) is 2.30. The van der Waals surface area contributed by atoms with Gasteiger partial charge in [0.2, 0.25) is 0 Å². The van der Waals surface area contributed by atoms with E-state index >= 15 is 0 Å². The van der Waals surface area contributed by atoms with Gasteiger partial charge in [0, 0.05) is 31.7 Å². The third-order valence-electron chi connectivity index (χ3n) is 4.54. The first-order valence-electron chi connectivity index (χ1n) is 7.14. The zero-order chi connectivity index (χ0) is 11.5. The van der Waals surface area contributed by atoms with Crippen molar-refractivity contribution in [3.05, 3.63) is 0 Å². The van der Waals surface area contributed by atoms with E-state index in [0.717, 1.165) is 17.9 Å². The van der Waals surface area contributed by atoms with Crippen LogP contribution >= 0.6 is 0 Å². The fourth-order valence-corrected chi connectivity index (χ4v) is 3.19. The van der Waals surface area contributed by atoms with Gasteiger partial charge in [0.15, 0.2) is 0 Å². The summed E-state index contributed by atoms with van der Waals surface area (Å²) in [5, 5.41) is 3.65. The molecule has 1 heterocycles. The van der Waals surface area contributed by atoms with Crippen molar-refractivity contribution in [2.45, 2.75) is 58.5 Å². The lowest BCUT2D eigenvalue weighted by Crippen LogP contribution is -2.56. The monoisotopic (exact) mass is 224 g/mol. The predicted octanol–water partition coefficient (Wildman–Crippen LogP) is 2.49. The first-order valence-corrected chi connectivity index (χ1v) is 7.14. The molecule has 0 bridgehead atoms. The highest BCUT2D eigenvalue weighted by Gasteiger charge is 2.29. The molecule has 0 aromatic heterocycles. The van der Waals surface area contributed by atoms with E-state index < -0.39 is 0 Å². The Morgan fingerprint density at radius 3 is 2.44 bits per heavy atom. The number of nitrogens with zero attached hydrogens (tertiary/aromatic N) is 1. The summed E-state index contributed by atoms with van der Waals surface area (Å²) in [5.41, 5.74) is 0. The van der Waals surface area contributed by atoms with Gasteiger partial charge in [-0.15, -0.1) is 0 Å². The van der Waals surface area contributed by atoms with Crippen molar-refractivity contribution in [1.29, 1.82) is 0 Å². The lowest BCUT2D eigenvalue weighted by Gasteiger charge is -2.42. The van der Waals surface area contributed by atoms with Crippen LogP contribution in [0.2, 0.25) is 0 Å². The molecule has 0 aromatic rings. The fourth-order valence-electron chi connectivity index (χ4n) is 3.19. The Morgan fingerprint density at radius 1 is 1.12 bits per heavy atom. The van der Waals surface area contributed by atoms with Crippen molar-refractivity contribution < 1.29 is 0 Å². The lowest BCUT2D eigenvalue weighted by molar-refractivity contribution is 0.0932. The summed E-state index contributed by atoms with van der Waals surface area (Å²) in [4.78, 5) is 2.76. The highest BCUT2D eigenvalue weighted by Crippen LogP contribution is 2.28. The quantitative estimate of drug-likeness (QED) is 0.775. The molecule has 1 aliphatic heterocycles. The number of hydrogen-bond acceptors (Lipinski definition) is 2. The van der Waals surface area contributed by atoms with Crippen LogP contribution in [0.4, 0.5) is 0 Å². The molecule has 0 spiro atoms. The maximum atomic E-state index is 3.65. The summed E-state index contributed by atoms with van der Waals surface area (Å²) >= 11 is 0. The van der Waals surface area contributed by atoms with E-state index in [4.69, 9.17) is 0 Å². The standard InChI is InChI=1S/C14H28N2/c1-11(2)14-10-16(9-8-15-14)13-6-4-12(3)5-7-13/h11-15H,4-10H2,1-3H3. The van der Waals surface area contributed by atoms with Crippen molar-refractivity contribution in [3.63, 3.8) is 0 Å². The predicted molar refractivity (Wildman–Crippen MR) is 69.6 cm³/mol. The Kier molecular flexibility index (Phi) is 4.26. The molecule has 2 nitrogen and oxygen atoms in total. The van der Waals surface area contributed by atoms with Gasteiger partial charge in [0.1, 0.15) is 0 Å². The fraction of sp³-hybridized carbons (Fsp3) is 1.00. The number of rotatable bonds is 2. The maximum Gasteiger partial charge on any atom is 0.0218 e. The maximum absolute atomic E-state index is 3.65. The molecule has 0 radical (unpaired) electrons. The van der Waals surface area contributed by atoms with Crippen molar-refractivity contribution >= 4 is 0 Å². The van der Waals surface area contributed by atoms with Gasteiger partial charge in [0.05, 0.1) is 0 Å². The molecule has 94 valence electrons. The van der Waals surface area contributed by atoms with Crippen LogP contribution < -0.4 is 5.32 Å². The number of hydrogen-bond donors (Lipinski definition) is 1. The highest BCUT2D eigenvalue weighted by molar-refractivity contribution is 4.86. The second kappa shape index (κ2) is 5.50. The molecule has 2 fully saturated rings. The van der Waals surface area contributed by atoms with Gasteiger partial charge in [-0.3, -0.25) is 4.90 Å². The largest absolute Gasteiger partial charge is 0.311 e. The topological polar surface area (TPSA) is 15.3 Å². The van der Waals surface area contributed by atoms with Gasteiger partial charge >= 0.3 is 0 Å². The number of nitrogens with one attached hydrogen (secondary N) is 1. The molecule has 0 amide bonds. The molecule has 1 unspecified atom stereocenters. The van der Waals surface area contributed by atoms with Gasteiger partial charge in [-0.1, -0.05) is 20.8 Å². The zero-order valence-electron chi connectivity index (χ0n) is 11.2. The smallest absolute Gasteiger partial charge is 0.0218 e. The summed E-state index contributed by atoms with van der Waals surface area (Å²) < 4.78 is 0. The SMILES string of the molecule is CC1CCC(N2CCNC(C(C)C)C2)CC1. The molecular formula is C14H28N2. The van der Waals surface area contributed by atoms with Gasteiger partial charge in [-0.25, -0.2) is 0 Å². The molecule has 1 saturated carbocycles. The van der Waals surface area contributed by atoms with Crippen molar-refractivity contribution in [3.8, 4) is 0 Å². The van der Waals surface area contributed by atoms with E-state index in [0.29, 0.717) is 6.04 Å². The second-order valence-electron chi connectivity index (χ2n) is 6.21. The Bertz CT molecular complexity index is 207. The molecule has 2 heteroatoms. The van der Waals surface area contributed by atoms with Crippen molar-refractivity contribution in [2.24, 2.45) is 11.8 Å². The van der Waals surface area contributed by atoms with E-state index in [1.807, 2.05) is 0 Å². The zero-order valence-corrected chi connectivity index (χ0v) is 11.2. The minimum absolute atomic E-state index is 0.716. The molecule has 2 rings (SSSR count). The Hall–Kier alpha value is -0.0800. The van der Waals surface area contributed by atoms with E-state index in [1.54, 1.807) is 0 Å². The van der Waals surface area contributed by atoms with Gasteiger partial charge < -0.3 is 5.32 Å². The molecule has 0 aromatic carbocycles. The van der Waals surface area contributed by atoms with Gasteiger partial charge in [-0.05, 0) is 37.5 Å². The molecule has 2 aliphatic rings. The lowest BCUT2D eigenvalue weighted by atomic mass is 9.86. The van der Waals surface area contributed by atoms with Crippen molar-refractivity contribution in [1.82, 2.24) is 10.2 Å². The van der Waals surface area contributed by atoms with Crippen LogP contribution in [-0.4, -0.2) is 36.6 Å². The average molecular weight is 224 g/mol. The minimum Gasteiger partial charge on any atom is -0.311 e. The van der Waals surface area contributed by atoms with Crippen molar-refractivity contribution in [2.75, 3.05) is 19.6 Å². The number of piperazine rings is 1. The summed E-state index contributed by atoms with van der Waals surface area (Å²) in [5.74, 6) is 1.74. The van der Waals surface area contributed by atoms with E-state index in [9.17, 15) is 0 Å². The van der Waals surface area contributed by atoms with Gasteiger partial charge in [0.25, 0.3) is 0 Å². The molecule has 1 N–H and O–H groups in total. The Balaban J connectivity index is 1.84. The van der Waals surface area contributed by atoms with Gasteiger partial charge in [-0.2, -0.15) is 0 Å². The third-order valence-corrected chi connectivity index (χ3v) is 4.54. The van der Waals surface area contributed by atoms with Crippen LogP contribution in [0.5, 0.6) is 0 Å². The van der Waals surface area contributed by atoms with Crippen LogP contribution in [0.1, 0.15) is 46.5 Å². The van der Waals surface area contributed by atoms with Crippen LogP contribution in [0.25, 0.3) is 0 Å². The minimum atomic E-state index is 0.716. The molecular weight excluding hydrogens is 196 g/mol.